The summed E-state index contributed by atoms with van der Waals surface area (Å²) in [4.78, 5) is 33.3. The molecule has 8 heteroatoms. The molecule has 0 saturated heterocycles. The van der Waals surface area contributed by atoms with Crippen LogP contribution in [0.25, 0.3) is 0 Å². The van der Waals surface area contributed by atoms with Crippen LogP contribution in [0, 0.1) is 0 Å². The Kier molecular flexibility index (Phi) is 4.37. The van der Waals surface area contributed by atoms with E-state index >= 15 is 0 Å². The van der Waals surface area contributed by atoms with Gasteiger partial charge in [0.1, 0.15) is 0 Å². The molecule has 0 atom stereocenters. The Hall–Kier alpha value is -2.19. The molecule has 0 saturated carbocycles. The summed E-state index contributed by atoms with van der Waals surface area (Å²) in [6.07, 6.45) is 0. The van der Waals surface area contributed by atoms with Crippen LogP contribution in [0.4, 0.5) is 0 Å². The summed E-state index contributed by atoms with van der Waals surface area (Å²) < 4.78 is 12.8. The first kappa shape index (κ1) is 12.9. The Labute approximate surface area is 94.0 Å². The van der Waals surface area contributed by atoms with E-state index in [1.54, 1.807) is 0 Å². The van der Waals surface area contributed by atoms with Crippen LogP contribution >= 0.6 is 0 Å². The van der Waals surface area contributed by atoms with Gasteiger partial charge in [-0.15, -0.1) is 0 Å². The molecule has 0 aliphatic carbocycles. The molecule has 1 aromatic rings. The SMILES string of the molecule is O=C(OCO)c1cc(C(=O)OCO)oc(=O)c1. The van der Waals surface area contributed by atoms with Crippen LogP contribution < -0.4 is 5.63 Å². The zero-order valence-electron chi connectivity index (χ0n) is 8.41. The van der Waals surface area contributed by atoms with Crippen molar-refractivity contribution in [1.29, 1.82) is 0 Å². The van der Waals surface area contributed by atoms with Crippen molar-refractivity contribution in [2.24, 2.45) is 0 Å². The van der Waals surface area contributed by atoms with E-state index in [0.29, 0.717) is 0 Å². The van der Waals surface area contributed by atoms with Gasteiger partial charge < -0.3 is 24.1 Å². The molecule has 0 spiro atoms. The number of aliphatic hydroxyl groups is 2. The van der Waals surface area contributed by atoms with Crippen molar-refractivity contribution in [2.75, 3.05) is 13.6 Å². The second kappa shape index (κ2) is 5.77. The standard InChI is InChI=1S/C9H8O8/c10-3-15-8(13)5-1-6(9(14)16-4-11)17-7(12)2-5/h1-2,10-11H,3-4H2. The topological polar surface area (TPSA) is 123 Å². The number of ether oxygens (including phenoxy) is 2. The summed E-state index contributed by atoms with van der Waals surface area (Å²) in [6, 6.07) is 1.69. The first-order valence-corrected chi connectivity index (χ1v) is 4.29. The van der Waals surface area contributed by atoms with Crippen LogP contribution in [0.1, 0.15) is 20.9 Å². The minimum atomic E-state index is -1.11. The number of aliphatic hydroxyl groups excluding tert-OH is 2. The van der Waals surface area contributed by atoms with Crippen molar-refractivity contribution in [3.8, 4) is 0 Å². The average Bonchev–Trinajstić information content (AvgIpc) is 2.29. The Morgan fingerprint density at radius 1 is 1.12 bits per heavy atom. The van der Waals surface area contributed by atoms with Crippen molar-refractivity contribution in [3.05, 3.63) is 33.9 Å². The highest BCUT2D eigenvalue weighted by atomic mass is 16.6. The molecule has 17 heavy (non-hydrogen) atoms. The van der Waals surface area contributed by atoms with E-state index in [1.165, 1.54) is 0 Å². The summed E-state index contributed by atoms with van der Waals surface area (Å²) in [5.74, 6) is -2.67. The Morgan fingerprint density at radius 3 is 2.29 bits per heavy atom. The molecule has 0 aliphatic rings. The summed E-state index contributed by atoms with van der Waals surface area (Å²) in [5, 5.41) is 16.7. The van der Waals surface area contributed by atoms with E-state index in [-0.39, 0.29) is 5.56 Å². The third-order valence-electron chi connectivity index (χ3n) is 1.60. The van der Waals surface area contributed by atoms with Gasteiger partial charge in [-0.25, -0.2) is 14.4 Å². The fourth-order valence-electron chi connectivity index (χ4n) is 0.967. The third-order valence-corrected chi connectivity index (χ3v) is 1.60. The van der Waals surface area contributed by atoms with Crippen LogP contribution in [0.2, 0.25) is 0 Å². The summed E-state index contributed by atoms with van der Waals surface area (Å²) >= 11 is 0. The van der Waals surface area contributed by atoms with Crippen molar-refractivity contribution < 1.29 is 33.7 Å². The number of esters is 2. The van der Waals surface area contributed by atoms with Gasteiger partial charge in [0.2, 0.25) is 5.76 Å². The van der Waals surface area contributed by atoms with E-state index in [0.717, 1.165) is 12.1 Å². The lowest BCUT2D eigenvalue weighted by Gasteiger charge is -2.02. The minimum absolute atomic E-state index is 0.278. The molecule has 0 aliphatic heterocycles. The fourth-order valence-corrected chi connectivity index (χ4v) is 0.967. The molecule has 0 fully saturated rings. The van der Waals surface area contributed by atoms with Crippen LogP contribution in [0.3, 0.4) is 0 Å². The van der Waals surface area contributed by atoms with Gasteiger partial charge in [-0.3, -0.25) is 0 Å². The van der Waals surface area contributed by atoms with Gasteiger partial charge in [0.15, 0.2) is 13.6 Å². The fraction of sp³-hybridized carbons (Fsp3) is 0.222. The van der Waals surface area contributed by atoms with E-state index in [1.807, 2.05) is 0 Å². The van der Waals surface area contributed by atoms with Gasteiger partial charge >= 0.3 is 17.6 Å². The lowest BCUT2D eigenvalue weighted by Crippen LogP contribution is -2.14. The molecule has 0 bridgehead atoms. The largest absolute Gasteiger partial charge is 0.435 e. The van der Waals surface area contributed by atoms with Crippen molar-refractivity contribution in [2.45, 2.75) is 0 Å². The number of hydrogen-bond acceptors (Lipinski definition) is 8. The molecule has 2 N–H and O–H groups in total. The monoisotopic (exact) mass is 244 g/mol. The first-order valence-electron chi connectivity index (χ1n) is 4.29. The predicted octanol–water partition coefficient (Wildman–Crippen LogP) is -1.15. The number of hydrogen-bond donors (Lipinski definition) is 2. The quantitative estimate of drug-likeness (QED) is 0.502. The Bertz CT molecular complexity index is 435. The van der Waals surface area contributed by atoms with E-state index < -0.39 is 36.9 Å². The van der Waals surface area contributed by atoms with Crippen molar-refractivity contribution in [1.82, 2.24) is 0 Å². The van der Waals surface area contributed by atoms with Gasteiger partial charge in [-0.2, -0.15) is 0 Å². The van der Waals surface area contributed by atoms with E-state index in [9.17, 15) is 14.4 Å². The molecule has 0 radical (unpaired) electrons. The van der Waals surface area contributed by atoms with E-state index in [2.05, 4.69) is 13.9 Å². The predicted molar refractivity (Wildman–Crippen MR) is 50.0 cm³/mol. The number of carbonyl (C=O) groups is 2. The first-order chi connectivity index (χ1) is 8.08. The highest BCUT2D eigenvalue weighted by molar-refractivity contribution is 5.93. The lowest BCUT2D eigenvalue weighted by atomic mass is 10.2. The number of carbonyl (C=O) groups excluding carboxylic acids is 2. The van der Waals surface area contributed by atoms with E-state index in [4.69, 9.17) is 10.2 Å². The van der Waals surface area contributed by atoms with Gasteiger partial charge in [-0.05, 0) is 0 Å². The second-order valence-corrected chi connectivity index (χ2v) is 2.65. The zero-order valence-corrected chi connectivity index (χ0v) is 8.41. The summed E-state index contributed by atoms with van der Waals surface area (Å²) in [7, 11) is 0. The molecule has 0 aromatic carbocycles. The summed E-state index contributed by atoms with van der Waals surface area (Å²) in [6.45, 7) is -1.76. The molecule has 0 unspecified atom stereocenters. The number of rotatable bonds is 4. The highest BCUT2D eigenvalue weighted by Crippen LogP contribution is 2.05. The van der Waals surface area contributed by atoms with Crippen molar-refractivity contribution in [3.63, 3.8) is 0 Å². The Morgan fingerprint density at radius 2 is 1.71 bits per heavy atom. The maximum atomic E-state index is 11.2. The molecule has 0 amide bonds. The molecule has 92 valence electrons. The highest BCUT2D eigenvalue weighted by Gasteiger charge is 2.16. The lowest BCUT2D eigenvalue weighted by molar-refractivity contribution is 0.00336. The smallest absolute Gasteiger partial charge is 0.376 e. The molecule has 8 nitrogen and oxygen atoms in total. The third kappa shape index (κ3) is 3.40. The van der Waals surface area contributed by atoms with Gasteiger partial charge in [0.05, 0.1) is 5.56 Å². The van der Waals surface area contributed by atoms with Gasteiger partial charge in [-0.1, -0.05) is 0 Å². The summed E-state index contributed by atoms with van der Waals surface area (Å²) in [5.41, 5.74) is -1.25. The zero-order chi connectivity index (χ0) is 12.8. The van der Waals surface area contributed by atoms with Crippen LogP contribution in [0.5, 0.6) is 0 Å². The van der Waals surface area contributed by atoms with Gasteiger partial charge in [0.25, 0.3) is 0 Å². The van der Waals surface area contributed by atoms with Gasteiger partial charge in [0, 0.05) is 12.1 Å². The van der Waals surface area contributed by atoms with Crippen LogP contribution in [-0.2, 0) is 9.47 Å². The van der Waals surface area contributed by atoms with Crippen molar-refractivity contribution >= 4 is 11.9 Å². The normalized spacial score (nSPS) is 9.76. The maximum Gasteiger partial charge on any atom is 0.376 e. The molecule has 1 aromatic heterocycles. The second-order valence-electron chi connectivity index (χ2n) is 2.65. The molecular weight excluding hydrogens is 236 g/mol. The average molecular weight is 244 g/mol. The Balaban J connectivity index is 3.06. The van der Waals surface area contributed by atoms with Crippen LogP contribution in [-0.4, -0.2) is 35.7 Å². The molecular formula is C9H8O8. The molecule has 1 heterocycles. The maximum absolute atomic E-state index is 11.2. The van der Waals surface area contributed by atoms with Crippen LogP contribution in [0.15, 0.2) is 21.3 Å². The minimum Gasteiger partial charge on any atom is -0.435 e. The molecule has 1 rings (SSSR count).